The fourth-order valence-electron chi connectivity index (χ4n) is 2.05. The van der Waals surface area contributed by atoms with Gasteiger partial charge in [-0.05, 0) is 32.4 Å². The topological polar surface area (TPSA) is 26.3 Å². The molecular formula is C17H18O2. The number of carbonyl (C=O) groups excluding carboxylic acids is 1. The van der Waals surface area contributed by atoms with Gasteiger partial charge in [-0.15, -0.1) is 0 Å². The summed E-state index contributed by atoms with van der Waals surface area (Å²) in [6.45, 7) is 6.01. The van der Waals surface area contributed by atoms with Gasteiger partial charge in [0, 0.05) is 11.1 Å². The molecule has 98 valence electrons. The standard InChI is InChI=1S/C17H18O2/c1-12(2)19-17-7-5-4-6-15(17)16-10-13(3)8-9-14(16)11-18/h4-12H,1-3H3. The van der Waals surface area contributed by atoms with Crippen molar-refractivity contribution in [1.82, 2.24) is 0 Å². The third-order valence-electron chi connectivity index (χ3n) is 2.88. The van der Waals surface area contributed by atoms with Gasteiger partial charge in [0.25, 0.3) is 0 Å². The van der Waals surface area contributed by atoms with Crippen LogP contribution in [-0.2, 0) is 0 Å². The fourth-order valence-corrected chi connectivity index (χ4v) is 2.05. The van der Waals surface area contributed by atoms with Gasteiger partial charge in [0.05, 0.1) is 6.10 Å². The van der Waals surface area contributed by atoms with E-state index in [4.69, 9.17) is 4.74 Å². The Bertz CT molecular complexity index is 586. The van der Waals surface area contributed by atoms with Gasteiger partial charge in [-0.25, -0.2) is 0 Å². The Morgan fingerprint density at radius 2 is 1.79 bits per heavy atom. The van der Waals surface area contributed by atoms with Crippen LogP contribution in [0.25, 0.3) is 11.1 Å². The summed E-state index contributed by atoms with van der Waals surface area (Å²) in [5.74, 6) is 0.811. The molecule has 0 aliphatic heterocycles. The quantitative estimate of drug-likeness (QED) is 0.762. The molecule has 2 aromatic carbocycles. The molecule has 0 heterocycles. The largest absolute Gasteiger partial charge is 0.490 e. The maximum atomic E-state index is 11.2. The number of benzene rings is 2. The number of carbonyl (C=O) groups is 1. The average molecular weight is 254 g/mol. The lowest BCUT2D eigenvalue weighted by molar-refractivity contribution is 0.112. The van der Waals surface area contributed by atoms with E-state index in [2.05, 4.69) is 0 Å². The summed E-state index contributed by atoms with van der Waals surface area (Å²) in [4.78, 5) is 11.2. The lowest BCUT2D eigenvalue weighted by Crippen LogP contribution is -2.06. The first-order valence-electron chi connectivity index (χ1n) is 6.43. The van der Waals surface area contributed by atoms with Gasteiger partial charge in [0.2, 0.25) is 0 Å². The third-order valence-corrected chi connectivity index (χ3v) is 2.88. The third kappa shape index (κ3) is 3.02. The van der Waals surface area contributed by atoms with Crippen molar-refractivity contribution in [3.05, 3.63) is 53.6 Å². The Kier molecular flexibility index (Phi) is 4.00. The van der Waals surface area contributed by atoms with E-state index in [0.29, 0.717) is 5.56 Å². The summed E-state index contributed by atoms with van der Waals surface area (Å²) in [7, 11) is 0. The zero-order valence-corrected chi connectivity index (χ0v) is 11.5. The molecule has 2 aromatic rings. The van der Waals surface area contributed by atoms with Crippen molar-refractivity contribution in [2.24, 2.45) is 0 Å². The molecule has 0 radical (unpaired) electrons. The highest BCUT2D eigenvalue weighted by Gasteiger charge is 2.11. The molecule has 0 aromatic heterocycles. The highest BCUT2D eigenvalue weighted by atomic mass is 16.5. The second kappa shape index (κ2) is 5.70. The highest BCUT2D eigenvalue weighted by molar-refractivity contribution is 5.89. The summed E-state index contributed by atoms with van der Waals surface area (Å²) in [5, 5.41) is 0. The van der Waals surface area contributed by atoms with E-state index >= 15 is 0 Å². The number of aryl methyl sites for hydroxylation is 1. The summed E-state index contributed by atoms with van der Waals surface area (Å²) in [5.41, 5.74) is 3.69. The predicted octanol–water partition coefficient (Wildman–Crippen LogP) is 4.26. The molecule has 0 fully saturated rings. The van der Waals surface area contributed by atoms with E-state index in [9.17, 15) is 4.79 Å². The zero-order valence-electron chi connectivity index (χ0n) is 11.5. The predicted molar refractivity (Wildman–Crippen MR) is 77.8 cm³/mol. The lowest BCUT2D eigenvalue weighted by atomic mass is 9.97. The minimum absolute atomic E-state index is 0.102. The molecule has 19 heavy (non-hydrogen) atoms. The van der Waals surface area contributed by atoms with Crippen LogP contribution < -0.4 is 4.74 Å². The van der Waals surface area contributed by atoms with E-state index in [1.165, 1.54) is 0 Å². The van der Waals surface area contributed by atoms with Gasteiger partial charge < -0.3 is 4.74 Å². The summed E-state index contributed by atoms with van der Waals surface area (Å²) < 4.78 is 5.82. The Morgan fingerprint density at radius 1 is 1.05 bits per heavy atom. The van der Waals surface area contributed by atoms with Gasteiger partial charge >= 0.3 is 0 Å². The maximum absolute atomic E-state index is 11.2. The van der Waals surface area contributed by atoms with Crippen molar-refractivity contribution < 1.29 is 9.53 Å². The molecule has 0 spiro atoms. The minimum Gasteiger partial charge on any atom is -0.490 e. The van der Waals surface area contributed by atoms with Gasteiger partial charge in [-0.2, -0.15) is 0 Å². The molecule has 0 aliphatic carbocycles. The molecule has 0 amide bonds. The van der Waals surface area contributed by atoms with E-state index in [-0.39, 0.29) is 6.10 Å². The Hall–Kier alpha value is -2.09. The van der Waals surface area contributed by atoms with Crippen LogP contribution in [0.15, 0.2) is 42.5 Å². The first-order valence-corrected chi connectivity index (χ1v) is 6.43. The second-order valence-corrected chi connectivity index (χ2v) is 4.87. The normalized spacial score (nSPS) is 10.5. The van der Waals surface area contributed by atoms with Crippen LogP contribution >= 0.6 is 0 Å². The molecular weight excluding hydrogens is 236 g/mol. The molecule has 0 saturated carbocycles. The van der Waals surface area contributed by atoms with E-state index in [1.807, 2.05) is 63.2 Å². The molecule has 0 atom stereocenters. The molecule has 0 bridgehead atoms. The number of aldehydes is 1. The van der Waals surface area contributed by atoms with Crippen molar-refractivity contribution in [2.75, 3.05) is 0 Å². The molecule has 0 N–H and O–H groups in total. The monoisotopic (exact) mass is 254 g/mol. The minimum atomic E-state index is 0.102. The van der Waals surface area contributed by atoms with E-state index in [0.717, 1.165) is 28.7 Å². The zero-order chi connectivity index (χ0) is 13.8. The van der Waals surface area contributed by atoms with Gasteiger partial charge in [0.15, 0.2) is 6.29 Å². The maximum Gasteiger partial charge on any atom is 0.150 e. The molecule has 0 unspecified atom stereocenters. The Labute approximate surface area is 114 Å². The van der Waals surface area contributed by atoms with E-state index in [1.54, 1.807) is 0 Å². The Balaban J connectivity index is 2.58. The van der Waals surface area contributed by atoms with Gasteiger partial charge in [0.1, 0.15) is 5.75 Å². The molecule has 0 saturated heterocycles. The molecule has 2 rings (SSSR count). The summed E-state index contributed by atoms with van der Waals surface area (Å²) in [6, 6.07) is 13.6. The second-order valence-electron chi connectivity index (χ2n) is 4.87. The number of hydrogen-bond donors (Lipinski definition) is 0. The SMILES string of the molecule is Cc1ccc(C=O)c(-c2ccccc2OC(C)C)c1. The summed E-state index contributed by atoms with van der Waals surface area (Å²) in [6.07, 6.45) is 0.992. The van der Waals surface area contributed by atoms with Crippen LogP contribution in [0.3, 0.4) is 0 Å². The van der Waals surface area contributed by atoms with Crippen molar-refractivity contribution >= 4 is 6.29 Å². The van der Waals surface area contributed by atoms with Crippen molar-refractivity contribution in [1.29, 1.82) is 0 Å². The van der Waals surface area contributed by atoms with Crippen LogP contribution in [-0.4, -0.2) is 12.4 Å². The Morgan fingerprint density at radius 3 is 2.47 bits per heavy atom. The van der Waals surface area contributed by atoms with Crippen molar-refractivity contribution in [2.45, 2.75) is 26.9 Å². The first kappa shape index (κ1) is 13.3. The van der Waals surface area contributed by atoms with Gasteiger partial charge in [-0.3, -0.25) is 4.79 Å². The lowest BCUT2D eigenvalue weighted by Gasteiger charge is -2.15. The number of hydrogen-bond acceptors (Lipinski definition) is 2. The number of ether oxygens (including phenoxy) is 1. The van der Waals surface area contributed by atoms with Crippen LogP contribution in [0.1, 0.15) is 29.8 Å². The number of rotatable bonds is 4. The fraction of sp³-hybridized carbons (Fsp3) is 0.235. The highest BCUT2D eigenvalue weighted by Crippen LogP contribution is 2.33. The van der Waals surface area contributed by atoms with Crippen LogP contribution in [0.2, 0.25) is 0 Å². The molecule has 0 aliphatic rings. The summed E-state index contributed by atoms with van der Waals surface area (Å²) >= 11 is 0. The van der Waals surface area contributed by atoms with Crippen LogP contribution in [0.4, 0.5) is 0 Å². The van der Waals surface area contributed by atoms with Crippen LogP contribution in [0.5, 0.6) is 5.75 Å². The smallest absolute Gasteiger partial charge is 0.150 e. The van der Waals surface area contributed by atoms with Crippen molar-refractivity contribution in [3.8, 4) is 16.9 Å². The number of para-hydroxylation sites is 1. The van der Waals surface area contributed by atoms with Gasteiger partial charge in [-0.1, -0.05) is 42.0 Å². The van der Waals surface area contributed by atoms with Crippen LogP contribution in [0, 0.1) is 6.92 Å². The molecule has 2 heteroatoms. The van der Waals surface area contributed by atoms with Crippen molar-refractivity contribution in [3.63, 3.8) is 0 Å². The van der Waals surface area contributed by atoms with E-state index < -0.39 is 0 Å². The average Bonchev–Trinajstić information content (AvgIpc) is 2.38. The first-order chi connectivity index (χ1) is 9.11. The molecule has 2 nitrogen and oxygen atoms in total.